The van der Waals surface area contributed by atoms with Crippen LogP contribution in [-0.4, -0.2) is 96.8 Å². The summed E-state index contributed by atoms with van der Waals surface area (Å²) in [7, 11) is 0. The van der Waals surface area contributed by atoms with Crippen LogP contribution in [0.25, 0.3) is 6.08 Å². The number of aryl methyl sites for hydroxylation is 1. The molecule has 5 N–H and O–H groups in total. The fraction of sp³-hybridized carbons (Fsp3) is 0.450. The summed E-state index contributed by atoms with van der Waals surface area (Å²) < 4.78 is 22.0. The second-order valence-electron chi connectivity index (χ2n) is 13.6. The highest BCUT2D eigenvalue weighted by atomic mass is 16.8. The second kappa shape index (κ2) is 17.8. The number of carbonyl (C=O) groups excluding carboxylic acids is 2. The van der Waals surface area contributed by atoms with E-state index in [0.29, 0.717) is 5.57 Å². The highest BCUT2D eigenvalue weighted by molar-refractivity contribution is 5.98. The number of rotatable bonds is 18. The second-order valence-corrected chi connectivity index (χ2v) is 13.6. The van der Waals surface area contributed by atoms with Crippen molar-refractivity contribution in [3.8, 4) is 0 Å². The van der Waals surface area contributed by atoms with Crippen LogP contribution in [0, 0.1) is 5.92 Å². The molecule has 2 bridgehead atoms. The molecule has 14 heteroatoms. The lowest BCUT2D eigenvalue weighted by atomic mass is 9.74. The number of hydrogen-bond donors (Lipinski definition) is 5. The van der Waals surface area contributed by atoms with Crippen molar-refractivity contribution in [1.29, 1.82) is 0 Å². The average Bonchev–Trinajstić information content (AvgIpc) is 3.33. The van der Waals surface area contributed by atoms with Crippen LogP contribution >= 0.6 is 0 Å². The largest absolute Gasteiger partial charge is 0.479 e. The van der Waals surface area contributed by atoms with E-state index >= 15 is 0 Å². The Morgan fingerprint density at radius 3 is 2.17 bits per heavy atom. The zero-order valence-corrected chi connectivity index (χ0v) is 30.3. The van der Waals surface area contributed by atoms with Gasteiger partial charge < -0.3 is 44.5 Å². The minimum absolute atomic E-state index is 0.0310. The molecule has 14 nitrogen and oxygen atoms in total. The van der Waals surface area contributed by atoms with Gasteiger partial charge in [0.1, 0.15) is 12.2 Å². The Kier molecular flexibility index (Phi) is 13.7. The van der Waals surface area contributed by atoms with E-state index in [1.807, 2.05) is 67.6 Å². The van der Waals surface area contributed by atoms with Gasteiger partial charge >= 0.3 is 29.8 Å². The summed E-state index contributed by atoms with van der Waals surface area (Å²) in [6.45, 7) is 4.89. The maximum absolute atomic E-state index is 13.1. The maximum Gasteiger partial charge on any atom is 0.344 e. The van der Waals surface area contributed by atoms with Crippen molar-refractivity contribution in [3.63, 3.8) is 0 Å². The summed E-state index contributed by atoms with van der Waals surface area (Å²) in [5.41, 5.74) is -1.93. The normalized spacial score (nSPS) is 27.1. The van der Waals surface area contributed by atoms with E-state index in [0.717, 1.165) is 24.8 Å². The number of aliphatic carboxylic acids is 3. The zero-order chi connectivity index (χ0) is 39.7. The Labute approximate surface area is 312 Å². The summed E-state index contributed by atoms with van der Waals surface area (Å²) in [5, 5.41) is 53.6. The average molecular weight is 751 g/mol. The molecule has 2 heterocycles. The molecule has 4 rings (SSSR count). The molecule has 8 atom stereocenters. The van der Waals surface area contributed by atoms with Crippen molar-refractivity contribution in [2.45, 2.75) is 107 Å². The van der Waals surface area contributed by atoms with E-state index in [4.69, 9.17) is 18.9 Å². The van der Waals surface area contributed by atoms with Gasteiger partial charge in [0, 0.05) is 13.3 Å². The lowest BCUT2D eigenvalue weighted by molar-refractivity contribution is -0.374. The van der Waals surface area contributed by atoms with Gasteiger partial charge in [0.2, 0.25) is 23.1 Å². The number of benzene rings is 2. The van der Waals surface area contributed by atoms with Crippen LogP contribution in [0.15, 0.2) is 84.1 Å². The number of fused-ring (bicyclic) bond motifs is 2. The van der Waals surface area contributed by atoms with Crippen LogP contribution in [0.2, 0.25) is 0 Å². The van der Waals surface area contributed by atoms with Crippen molar-refractivity contribution in [1.82, 2.24) is 0 Å². The van der Waals surface area contributed by atoms with Crippen LogP contribution < -0.4 is 0 Å². The van der Waals surface area contributed by atoms with Crippen molar-refractivity contribution in [2.75, 3.05) is 0 Å². The van der Waals surface area contributed by atoms with Crippen molar-refractivity contribution < 1.29 is 68.5 Å². The molecule has 0 aromatic heterocycles. The lowest BCUT2D eigenvalue weighted by Crippen LogP contribution is -2.78. The SMILES string of the molecule is CC(=O)OC(CCCC12OC(C(=O)O)C(O)(C(=O)O)C(C(=O)O)(O1)[C@H](OC(=O)CC=C=CC(C)CCCc1ccccc1)[C@H]2O)/C(C)=C/c1ccccc1. The third-order valence-electron chi connectivity index (χ3n) is 9.60. The van der Waals surface area contributed by atoms with E-state index in [1.165, 1.54) is 18.6 Å². The Balaban J connectivity index is 1.56. The predicted octanol–water partition coefficient (Wildman–Crippen LogP) is 4.07. The van der Waals surface area contributed by atoms with Gasteiger partial charge in [0.15, 0.2) is 6.10 Å². The van der Waals surface area contributed by atoms with Crippen molar-refractivity contribution in [3.05, 3.63) is 95.2 Å². The highest BCUT2D eigenvalue weighted by Gasteiger charge is 2.85. The van der Waals surface area contributed by atoms with Gasteiger partial charge in [-0.1, -0.05) is 73.7 Å². The van der Waals surface area contributed by atoms with Gasteiger partial charge in [-0.05, 0) is 73.8 Å². The molecule has 0 amide bonds. The number of esters is 2. The smallest absolute Gasteiger partial charge is 0.344 e. The summed E-state index contributed by atoms with van der Waals surface area (Å²) in [6, 6.07) is 19.1. The molecule has 2 fully saturated rings. The van der Waals surface area contributed by atoms with Crippen LogP contribution in [0.3, 0.4) is 0 Å². The number of aliphatic hydroxyl groups is 2. The van der Waals surface area contributed by atoms with Crippen LogP contribution in [0.5, 0.6) is 0 Å². The number of hydrogen-bond acceptors (Lipinski definition) is 11. The molecule has 2 aliphatic heterocycles. The molecule has 2 aromatic rings. The molecule has 2 aliphatic rings. The standard InChI is InChI=1S/C40H46O14/c1-25(15-12-20-28-16-6-4-7-17-28)14-10-11-22-31(42)52-33-32(43)38(53-34(35(44)45)39(50,36(46)47)40(33,54-38)37(48)49)23-13-21-30(51-27(3)41)26(2)24-29-18-8-5-9-19-29/h4-9,11,14,16-19,24-25,30,32-34,43,50H,12-13,15,20-23H2,1-3H3,(H,44,45)(H,46,47)(H,48,49)/b26-24+/t10?,25?,30?,32-,33-,34?,38?,39?,40?/m1/s1. The Morgan fingerprint density at radius 1 is 0.926 bits per heavy atom. The number of aliphatic hydroxyl groups excluding tert-OH is 1. The third-order valence-corrected chi connectivity index (χ3v) is 9.60. The maximum atomic E-state index is 13.1. The zero-order valence-electron chi connectivity index (χ0n) is 30.3. The minimum atomic E-state index is -3.89. The molecule has 2 saturated heterocycles. The van der Waals surface area contributed by atoms with E-state index < -0.39 is 84.1 Å². The third kappa shape index (κ3) is 8.98. The number of carboxylic acids is 3. The summed E-state index contributed by atoms with van der Waals surface area (Å²) >= 11 is 0. The van der Waals surface area contributed by atoms with Gasteiger partial charge in [-0.25, -0.2) is 14.4 Å². The Bertz CT molecular complexity index is 1770. The van der Waals surface area contributed by atoms with Crippen LogP contribution in [0.1, 0.15) is 70.4 Å². The molecule has 6 unspecified atom stereocenters. The lowest BCUT2D eigenvalue weighted by Gasteiger charge is -2.48. The Morgan fingerprint density at radius 2 is 1.57 bits per heavy atom. The molecule has 0 saturated carbocycles. The first kappa shape index (κ1) is 41.6. The van der Waals surface area contributed by atoms with Gasteiger partial charge in [-0.2, -0.15) is 0 Å². The van der Waals surface area contributed by atoms with E-state index in [2.05, 4.69) is 5.73 Å². The molecule has 54 heavy (non-hydrogen) atoms. The van der Waals surface area contributed by atoms with E-state index in [1.54, 1.807) is 19.1 Å². The first-order valence-corrected chi connectivity index (χ1v) is 17.6. The van der Waals surface area contributed by atoms with Gasteiger partial charge in [-0.3, -0.25) is 9.59 Å². The van der Waals surface area contributed by atoms with Crippen LogP contribution in [-0.2, 0) is 49.3 Å². The molecule has 290 valence electrons. The fourth-order valence-electron chi connectivity index (χ4n) is 6.88. The topological polar surface area (TPSA) is 223 Å². The molecule has 0 radical (unpaired) electrons. The number of carbonyl (C=O) groups is 5. The summed E-state index contributed by atoms with van der Waals surface area (Å²) in [5.74, 6) is -10.9. The molecular weight excluding hydrogens is 704 g/mol. The monoisotopic (exact) mass is 750 g/mol. The van der Waals surface area contributed by atoms with Crippen molar-refractivity contribution >= 4 is 35.9 Å². The fourth-order valence-corrected chi connectivity index (χ4v) is 6.88. The number of ether oxygens (including phenoxy) is 4. The molecule has 0 aliphatic carbocycles. The quantitative estimate of drug-likeness (QED) is 0.107. The molecule has 2 aromatic carbocycles. The van der Waals surface area contributed by atoms with Gasteiger partial charge in [-0.15, -0.1) is 5.73 Å². The Hall–Kier alpha value is -5.11. The molecular formula is C40H46O14. The first-order valence-electron chi connectivity index (χ1n) is 17.6. The van der Waals surface area contributed by atoms with E-state index in [9.17, 15) is 49.5 Å². The summed E-state index contributed by atoms with van der Waals surface area (Å²) in [4.78, 5) is 63.0. The van der Waals surface area contributed by atoms with Gasteiger partial charge in [0.25, 0.3) is 0 Å². The van der Waals surface area contributed by atoms with Crippen molar-refractivity contribution in [2.24, 2.45) is 5.92 Å². The first-order chi connectivity index (χ1) is 25.6. The van der Waals surface area contributed by atoms with E-state index in [-0.39, 0.29) is 18.8 Å². The number of carboxylic acid groups (broad SMARTS) is 3. The minimum Gasteiger partial charge on any atom is -0.479 e. The highest BCUT2D eigenvalue weighted by Crippen LogP contribution is 2.55. The van der Waals surface area contributed by atoms with Gasteiger partial charge in [0.05, 0.1) is 6.42 Å². The predicted molar refractivity (Wildman–Crippen MR) is 190 cm³/mol. The molecule has 0 spiro atoms. The summed E-state index contributed by atoms with van der Waals surface area (Å²) in [6.07, 6.45) is -2.01. The van der Waals surface area contributed by atoms with Crippen LogP contribution in [0.4, 0.5) is 0 Å².